The number of rotatable bonds is 35. The normalized spacial score (nSPS) is 41.4. The number of hydrogen-bond acceptors (Lipinski definition) is 44. The molecule has 0 amide bonds. The predicted octanol–water partition coefficient (Wildman–Crippen LogP) is 8.12. The molecule has 0 aliphatic carbocycles. The molecule has 11 rings (SSSR count). The van der Waals surface area contributed by atoms with Crippen molar-refractivity contribution in [1.82, 2.24) is 0 Å². The number of aliphatic carboxylic acids is 1. The Kier molecular flexibility index (Phi) is 53.4. The van der Waals surface area contributed by atoms with Crippen LogP contribution >= 0.6 is 0 Å². The Morgan fingerprint density at radius 1 is 0.365 bits per heavy atom. The van der Waals surface area contributed by atoms with Crippen molar-refractivity contribution >= 4 is 48.1 Å². The van der Waals surface area contributed by atoms with Gasteiger partial charge < -0.3 is 149 Å². The van der Waals surface area contributed by atoms with Gasteiger partial charge in [-0.3, -0.25) is 14.4 Å². The number of carbonyl (C=O) groups is 6. The maximum absolute atomic E-state index is 13.9. The van der Waals surface area contributed by atoms with Crippen molar-refractivity contribution in [2.45, 2.75) is 363 Å². The van der Waals surface area contributed by atoms with E-state index in [0.717, 1.165) is 0 Å². The van der Waals surface area contributed by atoms with Crippen LogP contribution in [0, 0.1) is 88.8 Å². The van der Waals surface area contributed by atoms with Gasteiger partial charge >= 0.3 is 48.1 Å². The molecule has 10 saturated heterocycles. The number of benzene rings is 1. The summed E-state index contributed by atoms with van der Waals surface area (Å²) >= 11 is 0. The lowest BCUT2D eigenvalue weighted by molar-refractivity contribution is -0.361. The van der Waals surface area contributed by atoms with Crippen LogP contribution in [0.25, 0.3) is 41.8 Å². The molecule has 838 valence electrons. The second-order valence-electron chi connectivity index (χ2n) is 38.2. The van der Waals surface area contributed by atoms with Gasteiger partial charge in [0.05, 0.1) is 112 Å². The molecule has 0 aromatic heterocycles. The Morgan fingerprint density at radius 2 is 0.716 bits per heavy atom. The zero-order valence-corrected chi connectivity index (χ0v) is 85.0. The monoisotopic (exact) mass is 2120 g/mol. The van der Waals surface area contributed by atoms with E-state index in [1.165, 1.54) is 42.1 Å². The summed E-state index contributed by atoms with van der Waals surface area (Å²) < 4.78 is 153. The minimum absolute atomic E-state index is 0. The lowest BCUT2D eigenvalue weighted by Gasteiger charge is -2.51. The molecule has 53 heteroatoms. The van der Waals surface area contributed by atoms with E-state index in [9.17, 15) is 81.5 Å². The van der Waals surface area contributed by atoms with Crippen molar-refractivity contribution < 1.29 is 197 Å². The highest BCUT2D eigenvalue weighted by Gasteiger charge is 2.60. The highest BCUT2D eigenvalue weighted by atomic mass is 16.8. The summed E-state index contributed by atoms with van der Waals surface area (Å²) in [6.45, 7) is 30.8. The molecule has 10 aliphatic rings. The van der Waals surface area contributed by atoms with Gasteiger partial charge in [0.1, 0.15) is 74.7 Å². The van der Waals surface area contributed by atoms with Crippen LogP contribution in [-0.2, 0) is 162 Å². The van der Waals surface area contributed by atoms with Crippen LogP contribution in [-0.4, -0.2) is 355 Å². The molecule has 0 spiro atoms. The third-order valence-electron chi connectivity index (χ3n) is 29.7. The fraction of sp³-hybridized carbons (Fsp3) is 0.853. The van der Waals surface area contributed by atoms with Gasteiger partial charge in [-0.05, 0) is 94.4 Å². The number of nitrogens with zero attached hydrogens (tertiary/aromatic N) is 12. The third kappa shape index (κ3) is 31.7. The summed E-state index contributed by atoms with van der Waals surface area (Å²) in [7, 11) is 4.22. The summed E-state index contributed by atoms with van der Waals surface area (Å²) in [5.41, 5.74) is 38.7. The molecule has 0 saturated carbocycles. The van der Waals surface area contributed by atoms with Gasteiger partial charge in [-0.15, -0.1) is 0 Å². The molecule has 6 N–H and O–H groups in total. The molecule has 53 nitrogen and oxygen atoms in total. The molecule has 10 aliphatic heterocycles. The van der Waals surface area contributed by atoms with E-state index < -0.39 is 293 Å². The van der Waals surface area contributed by atoms with Gasteiger partial charge in [0, 0.05) is 90.1 Å². The van der Waals surface area contributed by atoms with E-state index in [1.807, 2.05) is 69.2 Å². The Bertz CT molecular complexity index is 4560. The van der Waals surface area contributed by atoms with Crippen LogP contribution in [0.2, 0.25) is 0 Å². The quantitative estimate of drug-likeness (QED) is 0.0123. The van der Waals surface area contributed by atoms with Gasteiger partial charge in [-0.1, -0.05) is 165 Å². The SMILES string of the molecule is C.C.C.COC(=O)C1O[C@@H](O[C@@H]2C(COC(C)=O)O[C@H](O[C@H]3C(C)C(OC(=O)c4ccccc4)[C@H](O[C@@H]4C(COC(C)=O)O[C@H](OC)C(C)[C@H]4C)O[C@H]3C)C(N=[N+]=[N-])[C@H]2C)C(C)[C@@H](C)[C@@H]1O[C@H]1OC(COC(C)=O)[C@@H](C)[C@H](C)C1N=[N+]=[N-].CO[C@H]1OC(CO)[C@@H](O[C@@H]2OC[C@@H](O[C@H]3OC(CO)[C@@H](O[C@@H]4OC(C(=O)O)[C@@H](O[C@H]5OC(CO)[C@@H](C)[C@H](C)C5N=[N+]=[N-])[C@H](C)C4C)[C@H](O)C3N=[N+]=[N-])C(C)C2O)[C@H](C)C1C.O=C=O.O=C=O. The summed E-state index contributed by atoms with van der Waals surface area (Å²) in [6, 6.07) is 4.07. The van der Waals surface area contributed by atoms with Crippen molar-refractivity contribution in [3.05, 3.63) is 77.7 Å². The average Bonchev–Trinajstić information content (AvgIpc) is 0.765. The van der Waals surface area contributed by atoms with Crippen molar-refractivity contribution in [1.29, 1.82) is 0 Å². The maximum atomic E-state index is 13.9. The second-order valence-corrected chi connectivity index (χ2v) is 38.2. The van der Waals surface area contributed by atoms with E-state index in [-0.39, 0.29) is 127 Å². The lowest BCUT2D eigenvalue weighted by atomic mass is 9.81. The Morgan fingerprint density at radius 3 is 1.18 bits per heavy atom. The smallest absolute Gasteiger partial charge is 0.373 e. The van der Waals surface area contributed by atoms with E-state index in [4.69, 9.17) is 138 Å². The molecule has 49 atom stereocenters. The van der Waals surface area contributed by atoms with E-state index in [1.54, 1.807) is 71.9 Å². The molecule has 1 aromatic carbocycles. The number of carboxylic acids is 1. The first-order valence-corrected chi connectivity index (χ1v) is 48.1. The van der Waals surface area contributed by atoms with Crippen molar-refractivity contribution in [3.8, 4) is 0 Å². The third-order valence-corrected chi connectivity index (χ3v) is 29.7. The average molecular weight is 2120 g/mol. The van der Waals surface area contributed by atoms with Gasteiger partial charge in [0.2, 0.25) is 0 Å². The highest BCUT2D eigenvalue weighted by molar-refractivity contribution is 5.89. The molecular weight excluding hydrogens is 1970 g/mol. The summed E-state index contributed by atoms with van der Waals surface area (Å²) in [6.07, 6.45) is -32.0. The van der Waals surface area contributed by atoms with Crippen LogP contribution in [0.15, 0.2) is 50.8 Å². The standard InChI is InChI=1S/C53H78N6O20.C37H62N6O17.2CO2.3CH4/c1-23-24(2)39(56-58-54)51(71-36(23)20-67-32(10)60)78-44-26(4)28(6)50(79-46(44)48(64)65-13)76-43-29(7)40(57-59-55)52(73-38(43)22-69-34(12)62)75-41-30(8)45(74-47(63)35-18-16-15-17-19-35)53(70-31(41)9)77-42-25(3)27(5)49(66-14)72-37(42)21-68-33(11)61;1-13-14(2)24(40-42-38)35(53-20(13)9-44)58-29-16(4)18(6)34(60-31(29)32(49)50)59-30-22(11-46)55-36(25(27(30)48)41-43-39)56-23-12-52-37(26(47)19(23)7)57-28-15(3)17(5)33(51-8)54-21(28)10-45;2*2-1-3;;;/h15-19,23-31,36-46,49-53H,20-22H2,1-14H3;13-31,33-37,44-48H,9-12H2,1-8H3,(H,49,50);;;3*1H4/t23-,24-,25+,26+,27?,28?,29+,30?,31-,36?,37?,38?,39?,40?,41-,42-,43-,44-,45?,46?,49-,50+,51+,52+,53-;13-,14-,15+,16+,17?,18?,19?,20?,21?,22?,23+,24?,25?,26?,27+,28-,29-,30+,31?,33-,34+,35+,36+,37-;;;;;/m00...../s1. The number of azide groups is 4. The number of carbonyl (C=O) groups excluding carboxylic acids is 9. The minimum atomic E-state index is -1.68. The Labute approximate surface area is 859 Å². The van der Waals surface area contributed by atoms with Gasteiger partial charge in [-0.2, -0.15) is 19.2 Å². The second kappa shape index (κ2) is 61.1. The molecule has 0 radical (unpaired) electrons. The maximum Gasteiger partial charge on any atom is 0.373 e. The number of carboxylic acid groups (broad SMARTS) is 1. The van der Waals surface area contributed by atoms with Crippen molar-refractivity contribution in [2.24, 2.45) is 109 Å². The highest BCUT2D eigenvalue weighted by Crippen LogP contribution is 2.48. The molecule has 10 heterocycles. The van der Waals surface area contributed by atoms with E-state index >= 15 is 0 Å². The number of ether oxygens (including phenoxy) is 25. The number of aliphatic hydroxyl groups excluding tert-OH is 5. The Hall–Kier alpha value is -8.96. The van der Waals surface area contributed by atoms with Crippen molar-refractivity contribution in [3.63, 3.8) is 0 Å². The van der Waals surface area contributed by atoms with Crippen molar-refractivity contribution in [2.75, 3.05) is 67.6 Å². The van der Waals surface area contributed by atoms with Gasteiger partial charge in [0.25, 0.3) is 0 Å². The number of hydrogen-bond donors (Lipinski definition) is 6. The van der Waals surface area contributed by atoms with Crippen LogP contribution in [0.3, 0.4) is 0 Å². The molecule has 148 heavy (non-hydrogen) atoms. The summed E-state index contributed by atoms with van der Waals surface area (Å²) in [5, 5.41) is 79.5. The van der Waals surface area contributed by atoms with Gasteiger partial charge in [0.15, 0.2) is 81.2 Å². The number of methoxy groups -OCH3 is 3. The molecular formula is C95H152N12O41. The van der Waals surface area contributed by atoms with E-state index in [0.29, 0.717) is 0 Å². The zero-order chi connectivity index (χ0) is 108. The first-order chi connectivity index (χ1) is 68.9. The van der Waals surface area contributed by atoms with Crippen LogP contribution < -0.4 is 0 Å². The van der Waals surface area contributed by atoms with Crippen LogP contribution in [0.5, 0.6) is 0 Å². The summed E-state index contributed by atoms with van der Waals surface area (Å²) in [4.78, 5) is 121. The fourth-order valence-corrected chi connectivity index (χ4v) is 19.8. The number of esters is 5. The molecule has 1 aromatic rings. The number of aliphatic hydroxyl groups is 5. The largest absolute Gasteiger partial charge is 0.479 e. The molecule has 10 fully saturated rings. The predicted molar refractivity (Wildman–Crippen MR) is 504 cm³/mol. The topological polar surface area (TPSA) is 718 Å². The Balaban J connectivity index is 0.000000500. The van der Waals surface area contributed by atoms with Gasteiger partial charge in [-0.25, -0.2) is 14.4 Å². The zero-order valence-electron chi connectivity index (χ0n) is 85.0. The fourth-order valence-electron chi connectivity index (χ4n) is 19.8. The first-order valence-electron chi connectivity index (χ1n) is 48.1. The minimum Gasteiger partial charge on any atom is -0.479 e. The first kappa shape index (κ1) is 129. The van der Waals surface area contributed by atoms with Crippen LogP contribution in [0.4, 0.5) is 0 Å². The lowest BCUT2D eigenvalue weighted by Crippen LogP contribution is -2.64. The summed E-state index contributed by atoms with van der Waals surface area (Å²) in [5.74, 6) is -10.8. The molecule has 0 bridgehead atoms. The van der Waals surface area contributed by atoms with E-state index in [2.05, 4.69) is 40.1 Å². The van der Waals surface area contributed by atoms with Crippen LogP contribution in [0.1, 0.15) is 164 Å². The molecule has 20 unspecified atom stereocenters.